The van der Waals surface area contributed by atoms with Crippen LogP contribution in [0.1, 0.15) is 13.3 Å². The number of halogens is 2. The van der Waals surface area contributed by atoms with Crippen LogP contribution in [0.15, 0.2) is 18.2 Å². The molecule has 0 amide bonds. The topological polar surface area (TPSA) is 58.2 Å². The monoisotopic (exact) mass is 278 g/mol. The summed E-state index contributed by atoms with van der Waals surface area (Å²) in [6.45, 7) is 3.29. The molecule has 0 saturated carbocycles. The van der Waals surface area contributed by atoms with Crippen molar-refractivity contribution in [3.8, 4) is 0 Å². The molecule has 0 aliphatic heterocycles. The van der Waals surface area contributed by atoms with Gasteiger partial charge in [0.1, 0.15) is 0 Å². The molecule has 7 heteroatoms. The van der Waals surface area contributed by atoms with Crippen molar-refractivity contribution < 1.29 is 17.2 Å². The molecule has 0 aliphatic carbocycles. The average Bonchev–Trinajstić information content (AvgIpc) is 2.29. The molecule has 0 heterocycles. The second-order valence-corrected chi connectivity index (χ2v) is 5.60. The first-order valence-electron chi connectivity index (χ1n) is 5.61. The predicted octanol–water partition coefficient (Wildman–Crippen LogP) is 1.71. The largest absolute Gasteiger partial charge is 0.317 e. The standard InChI is InChI=1S/C11H16F2N2O2S/c1-2-14-6-3-7-18(16,17)15-9-4-5-10(12)11(13)8-9/h4-5,8,14-15H,2-3,6-7H2,1H3. The summed E-state index contributed by atoms with van der Waals surface area (Å²) in [6.07, 6.45) is 0.451. The van der Waals surface area contributed by atoms with E-state index in [1.165, 1.54) is 6.07 Å². The molecule has 0 bridgehead atoms. The molecule has 0 atom stereocenters. The average molecular weight is 278 g/mol. The van der Waals surface area contributed by atoms with Crippen LogP contribution in [0, 0.1) is 11.6 Å². The highest BCUT2D eigenvalue weighted by Gasteiger charge is 2.11. The fraction of sp³-hybridized carbons (Fsp3) is 0.455. The molecule has 0 aromatic heterocycles. The molecule has 0 radical (unpaired) electrons. The van der Waals surface area contributed by atoms with E-state index in [1.807, 2.05) is 6.92 Å². The van der Waals surface area contributed by atoms with E-state index in [1.54, 1.807) is 0 Å². The normalized spacial score (nSPS) is 11.5. The van der Waals surface area contributed by atoms with Gasteiger partial charge in [-0.05, 0) is 31.6 Å². The highest BCUT2D eigenvalue weighted by Crippen LogP contribution is 2.14. The number of hydrogen-bond acceptors (Lipinski definition) is 3. The summed E-state index contributed by atoms with van der Waals surface area (Å²) in [7, 11) is -3.52. The lowest BCUT2D eigenvalue weighted by atomic mass is 10.3. The molecule has 0 aliphatic rings. The Morgan fingerprint density at radius 3 is 2.56 bits per heavy atom. The van der Waals surface area contributed by atoms with Crippen molar-refractivity contribution in [2.24, 2.45) is 0 Å². The number of rotatable bonds is 7. The first-order chi connectivity index (χ1) is 8.44. The van der Waals surface area contributed by atoms with Crippen LogP contribution in [-0.2, 0) is 10.0 Å². The summed E-state index contributed by atoms with van der Waals surface area (Å²) in [5, 5.41) is 3.00. The van der Waals surface area contributed by atoms with Gasteiger partial charge in [0, 0.05) is 6.07 Å². The van der Waals surface area contributed by atoms with Gasteiger partial charge in [0.25, 0.3) is 0 Å². The van der Waals surface area contributed by atoms with Crippen molar-refractivity contribution in [2.45, 2.75) is 13.3 Å². The van der Waals surface area contributed by atoms with E-state index >= 15 is 0 Å². The number of sulfonamides is 1. The maximum Gasteiger partial charge on any atom is 0.232 e. The zero-order valence-corrected chi connectivity index (χ0v) is 10.9. The van der Waals surface area contributed by atoms with Gasteiger partial charge in [0.05, 0.1) is 11.4 Å². The maximum atomic E-state index is 12.9. The summed E-state index contributed by atoms with van der Waals surface area (Å²) in [5.41, 5.74) is 0.0253. The minimum absolute atomic E-state index is 0.0253. The SMILES string of the molecule is CCNCCCS(=O)(=O)Nc1ccc(F)c(F)c1. The van der Waals surface area contributed by atoms with Crippen molar-refractivity contribution >= 4 is 15.7 Å². The third kappa shape index (κ3) is 4.97. The molecule has 18 heavy (non-hydrogen) atoms. The van der Waals surface area contributed by atoms with Gasteiger partial charge in [0.2, 0.25) is 10.0 Å². The Kier molecular flexibility index (Phi) is 5.49. The molecule has 1 rings (SSSR count). The zero-order chi connectivity index (χ0) is 13.6. The summed E-state index contributed by atoms with van der Waals surface area (Å²) in [5.74, 6) is -2.16. The van der Waals surface area contributed by atoms with Crippen LogP contribution in [0.5, 0.6) is 0 Å². The first kappa shape index (κ1) is 14.8. The first-order valence-corrected chi connectivity index (χ1v) is 7.26. The van der Waals surface area contributed by atoms with Crippen LogP contribution in [0.3, 0.4) is 0 Å². The van der Waals surface area contributed by atoms with E-state index in [-0.39, 0.29) is 11.4 Å². The molecule has 4 nitrogen and oxygen atoms in total. The van der Waals surface area contributed by atoms with Gasteiger partial charge >= 0.3 is 0 Å². The van der Waals surface area contributed by atoms with Crippen molar-refractivity contribution in [3.05, 3.63) is 29.8 Å². The van der Waals surface area contributed by atoms with Crippen LogP contribution in [0.4, 0.5) is 14.5 Å². The molecule has 2 N–H and O–H groups in total. The Hall–Kier alpha value is -1.21. The summed E-state index contributed by atoms with van der Waals surface area (Å²) >= 11 is 0. The number of hydrogen-bond donors (Lipinski definition) is 2. The number of benzene rings is 1. The minimum atomic E-state index is -3.52. The van der Waals surface area contributed by atoms with Crippen LogP contribution in [0.25, 0.3) is 0 Å². The lowest BCUT2D eigenvalue weighted by Gasteiger charge is -2.08. The lowest BCUT2D eigenvalue weighted by molar-refractivity contribution is 0.509. The molecule has 1 aromatic carbocycles. The molecular formula is C11H16F2N2O2S. The molecule has 0 spiro atoms. The second kappa shape index (κ2) is 6.65. The third-order valence-corrected chi connectivity index (χ3v) is 3.58. The Bertz CT molecular complexity index is 492. The van der Waals surface area contributed by atoms with Crippen LogP contribution >= 0.6 is 0 Å². The van der Waals surface area contributed by atoms with Gasteiger partial charge in [0.15, 0.2) is 11.6 Å². The lowest BCUT2D eigenvalue weighted by Crippen LogP contribution is -2.21. The fourth-order valence-electron chi connectivity index (χ4n) is 1.35. The van der Waals surface area contributed by atoms with Crippen molar-refractivity contribution in [3.63, 3.8) is 0 Å². The van der Waals surface area contributed by atoms with Gasteiger partial charge in [-0.2, -0.15) is 0 Å². The van der Waals surface area contributed by atoms with E-state index in [0.717, 1.165) is 18.7 Å². The van der Waals surface area contributed by atoms with Crippen molar-refractivity contribution in [2.75, 3.05) is 23.6 Å². The van der Waals surface area contributed by atoms with Crippen LogP contribution < -0.4 is 10.0 Å². The highest BCUT2D eigenvalue weighted by atomic mass is 32.2. The van der Waals surface area contributed by atoms with Crippen molar-refractivity contribution in [1.29, 1.82) is 0 Å². The fourth-order valence-corrected chi connectivity index (χ4v) is 2.47. The van der Waals surface area contributed by atoms with E-state index in [0.29, 0.717) is 13.0 Å². The minimum Gasteiger partial charge on any atom is -0.317 e. The molecule has 1 aromatic rings. The van der Waals surface area contributed by atoms with Gasteiger partial charge in [-0.15, -0.1) is 0 Å². The maximum absolute atomic E-state index is 12.9. The Morgan fingerprint density at radius 1 is 1.22 bits per heavy atom. The molecular weight excluding hydrogens is 262 g/mol. The molecule has 0 unspecified atom stereocenters. The van der Waals surface area contributed by atoms with Gasteiger partial charge in [-0.3, -0.25) is 4.72 Å². The Labute approximate surface area is 105 Å². The number of nitrogens with one attached hydrogen (secondary N) is 2. The van der Waals surface area contributed by atoms with Gasteiger partial charge < -0.3 is 5.32 Å². The summed E-state index contributed by atoms with van der Waals surface area (Å²) < 4.78 is 51.0. The summed E-state index contributed by atoms with van der Waals surface area (Å²) in [4.78, 5) is 0. The molecule has 102 valence electrons. The van der Waals surface area contributed by atoms with Crippen molar-refractivity contribution in [1.82, 2.24) is 5.32 Å². The van der Waals surface area contributed by atoms with Crippen LogP contribution in [0.2, 0.25) is 0 Å². The van der Waals surface area contributed by atoms with E-state index < -0.39 is 21.7 Å². The highest BCUT2D eigenvalue weighted by molar-refractivity contribution is 7.92. The number of anilines is 1. The smallest absolute Gasteiger partial charge is 0.232 e. The Morgan fingerprint density at radius 2 is 1.94 bits per heavy atom. The Balaban J connectivity index is 2.56. The molecule has 0 fully saturated rings. The van der Waals surface area contributed by atoms with Gasteiger partial charge in [-0.1, -0.05) is 6.92 Å². The zero-order valence-electron chi connectivity index (χ0n) is 10.0. The predicted molar refractivity (Wildman–Crippen MR) is 66.9 cm³/mol. The van der Waals surface area contributed by atoms with Crippen LogP contribution in [-0.4, -0.2) is 27.3 Å². The molecule has 0 saturated heterocycles. The van der Waals surface area contributed by atoms with Gasteiger partial charge in [-0.25, -0.2) is 17.2 Å². The third-order valence-electron chi connectivity index (χ3n) is 2.21. The quantitative estimate of drug-likeness (QED) is 0.746. The van der Waals surface area contributed by atoms with E-state index in [9.17, 15) is 17.2 Å². The van der Waals surface area contributed by atoms with E-state index in [2.05, 4.69) is 10.0 Å². The second-order valence-electron chi connectivity index (χ2n) is 3.76. The van der Waals surface area contributed by atoms with E-state index in [4.69, 9.17) is 0 Å². The summed E-state index contributed by atoms with van der Waals surface area (Å²) in [6, 6.07) is 2.88.